The van der Waals surface area contributed by atoms with Gasteiger partial charge in [0.15, 0.2) is 0 Å². The minimum absolute atomic E-state index is 0.00530. The van der Waals surface area contributed by atoms with Gasteiger partial charge in [0.25, 0.3) is 5.91 Å². The molecule has 0 bridgehead atoms. The van der Waals surface area contributed by atoms with Crippen LogP contribution < -0.4 is 10.2 Å². The van der Waals surface area contributed by atoms with Crippen molar-refractivity contribution in [2.45, 2.75) is 56.3 Å². The van der Waals surface area contributed by atoms with E-state index in [4.69, 9.17) is 4.74 Å². The molecule has 1 spiro atoms. The first-order valence-electron chi connectivity index (χ1n) is 15.5. The lowest BCUT2D eigenvalue weighted by Gasteiger charge is -2.40. The number of morpholine rings is 1. The third kappa shape index (κ3) is 6.57. The van der Waals surface area contributed by atoms with Crippen LogP contribution in [0.3, 0.4) is 0 Å². The third-order valence-electron chi connectivity index (χ3n) is 10.0. The van der Waals surface area contributed by atoms with Crippen LogP contribution in [0, 0.1) is 5.41 Å². The molecular weight excluding hydrogens is 575 g/mol. The number of carbonyl (C=O) groups excluding carboxylic acids is 2. The van der Waals surface area contributed by atoms with Gasteiger partial charge in [-0.05, 0) is 75.4 Å². The van der Waals surface area contributed by atoms with Gasteiger partial charge in [0.1, 0.15) is 5.60 Å². The van der Waals surface area contributed by atoms with E-state index < -0.39 is 23.2 Å². The summed E-state index contributed by atoms with van der Waals surface area (Å²) in [6, 6.07) is 8.57. The molecule has 6 rings (SSSR count). The summed E-state index contributed by atoms with van der Waals surface area (Å²) in [5.41, 5.74) is -0.161. The second kappa shape index (κ2) is 12.3. The van der Waals surface area contributed by atoms with Gasteiger partial charge >= 0.3 is 6.18 Å². The molecule has 44 heavy (non-hydrogen) atoms. The number of aliphatic hydroxyl groups is 1. The van der Waals surface area contributed by atoms with E-state index in [0.29, 0.717) is 45.2 Å². The number of likely N-dealkylation sites (tertiary alicyclic amines) is 2. The van der Waals surface area contributed by atoms with Crippen molar-refractivity contribution in [2.24, 2.45) is 5.41 Å². The van der Waals surface area contributed by atoms with Gasteiger partial charge in [0.05, 0.1) is 42.9 Å². The summed E-state index contributed by atoms with van der Waals surface area (Å²) >= 11 is 0. The van der Waals surface area contributed by atoms with Crippen molar-refractivity contribution in [3.05, 3.63) is 59.4 Å². The van der Waals surface area contributed by atoms with Crippen molar-refractivity contribution < 1.29 is 32.6 Å². The highest BCUT2D eigenvalue weighted by atomic mass is 19.4. The van der Waals surface area contributed by atoms with Crippen molar-refractivity contribution in [2.75, 3.05) is 63.9 Å². The normalized spacial score (nSPS) is 28.0. The van der Waals surface area contributed by atoms with Gasteiger partial charge in [-0.25, -0.2) is 0 Å². The average molecular weight is 616 g/mol. The first-order valence-corrected chi connectivity index (χ1v) is 15.5. The zero-order chi connectivity index (χ0) is 31.0. The van der Waals surface area contributed by atoms with Crippen LogP contribution in [-0.2, 0) is 21.3 Å². The molecule has 2 aromatic rings. The molecule has 3 saturated heterocycles. The second-order valence-corrected chi connectivity index (χ2v) is 12.8. The van der Waals surface area contributed by atoms with Crippen LogP contribution in [0.5, 0.6) is 0 Å². The summed E-state index contributed by atoms with van der Waals surface area (Å²) in [7, 11) is 0. The number of nitrogens with one attached hydrogen (secondary N) is 1. The Kier molecular flexibility index (Phi) is 8.60. The number of ether oxygens (including phenoxy) is 1. The number of pyridine rings is 1. The van der Waals surface area contributed by atoms with E-state index in [9.17, 15) is 27.9 Å². The molecule has 0 radical (unpaired) electrons. The highest BCUT2D eigenvalue weighted by Crippen LogP contribution is 2.44. The molecule has 9 nitrogen and oxygen atoms in total. The lowest BCUT2D eigenvalue weighted by Crippen LogP contribution is -2.43. The number of hydrogen-bond donors (Lipinski definition) is 2. The fraction of sp³-hybridized carbons (Fsp3) is 0.594. The first-order chi connectivity index (χ1) is 21.0. The predicted molar refractivity (Wildman–Crippen MR) is 157 cm³/mol. The molecule has 1 aromatic heterocycles. The van der Waals surface area contributed by atoms with E-state index in [-0.39, 0.29) is 23.4 Å². The molecule has 1 aromatic carbocycles. The molecule has 12 heteroatoms. The minimum atomic E-state index is -4.54. The Morgan fingerprint density at radius 1 is 1.00 bits per heavy atom. The summed E-state index contributed by atoms with van der Waals surface area (Å²) in [5, 5.41) is 14.0. The molecule has 1 aliphatic carbocycles. The Hall–Kier alpha value is -3.22. The fourth-order valence-electron chi connectivity index (χ4n) is 7.34. The number of hydrogen-bond acceptors (Lipinski definition) is 7. The SMILES string of the molecule is O=C(NCC(=O)N1CC[C@]2(CCN(C3CCC(O)(c4ccc(N5CCOCC5)cn4)CC3)C2)C1)c1cccc(C(F)(F)F)c1. The summed E-state index contributed by atoms with van der Waals surface area (Å²) < 4.78 is 44.4. The Morgan fingerprint density at radius 3 is 2.45 bits per heavy atom. The van der Waals surface area contributed by atoms with Gasteiger partial charge in [-0.1, -0.05) is 6.07 Å². The summed E-state index contributed by atoms with van der Waals surface area (Å²) in [6.45, 7) is 5.91. The van der Waals surface area contributed by atoms with Crippen molar-refractivity contribution in [1.82, 2.24) is 20.1 Å². The number of benzene rings is 1. The van der Waals surface area contributed by atoms with E-state index in [1.807, 2.05) is 18.3 Å². The Labute approximate surface area is 255 Å². The standard InChI is InChI=1S/C32H40F3N5O4/c33-32(34,35)24-3-1-2-23(18-24)29(42)37-20-28(41)40-13-11-30(22-40)10-12-39(21-30)25-6-8-31(43,9-7-25)27-5-4-26(19-36-27)38-14-16-44-17-15-38/h1-5,18-19,25,43H,6-17,20-22H2,(H,37,42)/t25?,30-,31?/m0/s1. The van der Waals surface area contributed by atoms with Crippen LogP contribution in [0.2, 0.25) is 0 Å². The lowest BCUT2D eigenvalue weighted by molar-refractivity contribution is -0.137. The molecule has 4 fully saturated rings. The van der Waals surface area contributed by atoms with E-state index in [2.05, 4.69) is 20.1 Å². The monoisotopic (exact) mass is 615 g/mol. The molecule has 3 aliphatic heterocycles. The number of rotatable bonds is 6. The third-order valence-corrected chi connectivity index (χ3v) is 10.0. The number of alkyl halides is 3. The molecule has 2 N–H and O–H groups in total. The second-order valence-electron chi connectivity index (χ2n) is 12.8. The number of carbonyl (C=O) groups is 2. The number of halogens is 3. The first kappa shape index (κ1) is 30.8. The lowest BCUT2D eigenvalue weighted by atomic mass is 9.79. The van der Waals surface area contributed by atoms with Gasteiger partial charge in [-0.2, -0.15) is 13.2 Å². The van der Waals surface area contributed by atoms with Crippen molar-refractivity contribution in [3.63, 3.8) is 0 Å². The average Bonchev–Trinajstić information content (AvgIpc) is 3.66. The molecule has 0 unspecified atom stereocenters. The van der Waals surface area contributed by atoms with Gasteiger partial charge in [0.2, 0.25) is 5.91 Å². The maximum atomic E-state index is 13.0. The molecule has 1 atom stereocenters. The number of nitrogens with zero attached hydrogens (tertiary/aromatic N) is 4. The minimum Gasteiger partial charge on any atom is -0.384 e. The zero-order valence-electron chi connectivity index (χ0n) is 24.8. The maximum absolute atomic E-state index is 13.0. The highest BCUT2D eigenvalue weighted by molar-refractivity contribution is 5.96. The van der Waals surface area contributed by atoms with Gasteiger partial charge < -0.3 is 25.0 Å². The Morgan fingerprint density at radius 2 is 1.75 bits per heavy atom. The number of aromatic nitrogens is 1. The van der Waals surface area contributed by atoms with Crippen LogP contribution >= 0.6 is 0 Å². The van der Waals surface area contributed by atoms with Crippen molar-refractivity contribution >= 4 is 17.5 Å². The fourth-order valence-corrected chi connectivity index (χ4v) is 7.34. The van der Waals surface area contributed by atoms with Crippen LogP contribution in [0.4, 0.5) is 18.9 Å². The van der Waals surface area contributed by atoms with Crippen LogP contribution in [0.15, 0.2) is 42.6 Å². The largest absolute Gasteiger partial charge is 0.416 e. The van der Waals surface area contributed by atoms with Gasteiger partial charge in [0, 0.05) is 49.7 Å². The van der Waals surface area contributed by atoms with Gasteiger partial charge in [-0.3, -0.25) is 19.5 Å². The quantitative estimate of drug-likeness (QED) is 0.514. The Bertz CT molecular complexity index is 1340. The van der Waals surface area contributed by atoms with Crippen molar-refractivity contribution in [1.29, 1.82) is 0 Å². The van der Waals surface area contributed by atoms with Gasteiger partial charge in [-0.15, -0.1) is 0 Å². The molecule has 4 heterocycles. The predicted octanol–water partition coefficient (Wildman–Crippen LogP) is 3.42. The highest BCUT2D eigenvalue weighted by Gasteiger charge is 2.47. The topological polar surface area (TPSA) is 98.2 Å². The molecule has 1 saturated carbocycles. The molecule has 4 aliphatic rings. The zero-order valence-corrected chi connectivity index (χ0v) is 24.8. The molecule has 238 valence electrons. The summed E-state index contributed by atoms with van der Waals surface area (Å²) in [6.07, 6.45) is 2.25. The molecular formula is C32H40F3N5O4. The maximum Gasteiger partial charge on any atom is 0.416 e. The van der Waals surface area contributed by atoms with E-state index in [1.54, 1.807) is 4.90 Å². The van der Waals surface area contributed by atoms with Crippen LogP contribution in [0.25, 0.3) is 0 Å². The van der Waals surface area contributed by atoms with Crippen molar-refractivity contribution in [3.8, 4) is 0 Å². The van der Waals surface area contributed by atoms with Crippen LogP contribution in [-0.4, -0.2) is 96.8 Å². The Balaban J connectivity index is 0.970. The summed E-state index contributed by atoms with van der Waals surface area (Å²) in [4.78, 5) is 36.6. The van der Waals surface area contributed by atoms with Crippen LogP contribution in [0.1, 0.15) is 60.1 Å². The molecule has 2 amide bonds. The van der Waals surface area contributed by atoms with E-state index in [1.165, 1.54) is 12.1 Å². The smallest absolute Gasteiger partial charge is 0.384 e. The number of anilines is 1. The van der Waals surface area contributed by atoms with E-state index in [0.717, 1.165) is 75.4 Å². The number of amides is 2. The van der Waals surface area contributed by atoms with E-state index >= 15 is 0 Å². The summed E-state index contributed by atoms with van der Waals surface area (Å²) in [5.74, 6) is -0.929.